The number of hydrogen-bond donors (Lipinski definition) is 1. The molecule has 1 fully saturated rings. The summed E-state index contributed by atoms with van der Waals surface area (Å²) in [6, 6.07) is 9.38. The lowest BCUT2D eigenvalue weighted by Crippen LogP contribution is -2.49. The van der Waals surface area contributed by atoms with Crippen molar-refractivity contribution in [2.75, 3.05) is 25.1 Å². The summed E-state index contributed by atoms with van der Waals surface area (Å²) in [6.07, 6.45) is 3.46. The zero-order valence-electron chi connectivity index (χ0n) is 25.9. The van der Waals surface area contributed by atoms with E-state index in [0.717, 1.165) is 24.0 Å². The molecular formula is C31H42N6O6. The maximum Gasteiger partial charge on any atom is 0.407 e. The van der Waals surface area contributed by atoms with Crippen LogP contribution in [0.4, 0.5) is 10.7 Å². The van der Waals surface area contributed by atoms with Crippen molar-refractivity contribution in [2.24, 2.45) is 0 Å². The van der Waals surface area contributed by atoms with E-state index in [0.29, 0.717) is 32.0 Å². The van der Waals surface area contributed by atoms with Crippen LogP contribution in [0.3, 0.4) is 0 Å². The fourth-order valence-corrected chi connectivity index (χ4v) is 5.14. The van der Waals surface area contributed by atoms with Crippen molar-refractivity contribution in [2.45, 2.75) is 85.2 Å². The van der Waals surface area contributed by atoms with E-state index in [1.54, 1.807) is 4.57 Å². The third-order valence-electron chi connectivity index (χ3n) is 7.18. The lowest BCUT2D eigenvalue weighted by atomic mass is 10.1. The molecule has 12 heteroatoms. The van der Waals surface area contributed by atoms with Gasteiger partial charge in [0, 0.05) is 32.2 Å². The van der Waals surface area contributed by atoms with Crippen molar-refractivity contribution in [1.29, 1.82) is 0 Å². The first-order valence-electron chi connectivity index (χ1n) is 14.6. The van der Waals surface area contributed by atoms with E-state index in [4.69, 9.17) is 14.5 Å². The molecule has 1 aromatic carbocycles. The quantitative estimate of drug-likeness (QED) is 0.295. The van der Waals surface area contributed by atoms with Crippen molar-refractivity contribution in [3.8, 4) is 0 Å². The number of carbonyl (C=O) groups excluding carboxylic acids is 2. The van der Waals surface area contributed by atoms with Crippen LogP contribution in [0.5, 0.6) is 0 Å². The van der Waals surface area contributed by atoms with Crippen LogP contribution < -0.4 is 21.5 Å². The van der Waals surface area contributed by atoms with Crippen molar-refractivity contribution in [3.63, 3.8) is 0 Å². The topological polar surface area (TPSA) is 130 Å². The number of allylic oxidation sites excluding steroid dienone is 2. The lowest BCUT2D eigenvalue weighted by Gasteiger charge is -2.34. The third-order valence-corrected chi connectivity index (χ3v) is 7.18. The first-order chi connectivity index (χ1) is 20.4. The number of anilines is 1. The van der Waals surface area contributed by atoms with E-state index in [9.17, 15) is 19.2 Å². The number of nitrogens with zero attached hydrogens (tertiary/aromatic N) is 5. The second-order valence-corrected chi connectivity index (χ2v) is 12.0. The molecule has 0 spiro atoms. The van der Waals surface area contributed by atoms with E-state index < -0.39 is 28.9 Å². The fourth-order valence-electron chi connectivity index (χ4n) is 5.14. The summed E-state index contributed by atoms with van der Waals surface area (Å²) >= 11 is 0. The molecule has 3 aromatic rings. The van der Waals surface area contributed by atoms with Crippen LogP contribution in [0, 0.1) is 0 Å². The zero-order chi connectivity index (χ0) is 31.3. The SMILES string of the molecule is COC(=O)Cn1c(=O)n(CCc2ccccc2)c(=O)c2c1nc(N1CCCC(NC(=O)OC(C)(C)C)C1)n2CC=C(C)C. The Balaban J connectivity index is 1.82. The van der Waals surface area contributed by atoms with Gasteiger partial charge in [-0.1, -0.05) is 42.0 Å². The standard InChI is InChI=1S/C31H42N6O6/c1-21(2)14-17-35-25-26(33-28(35)34-16-10-13-23(19-34)32-29(40)43-31(3,4)5)37(20-24(38)42-6)30(41)36(27(25)39)18-15-22-11-8-7-9-12-22/h7-9,11-12,14,23H,10,13,15-20H2,1-6H3,(H,32,40). The molecule has 0 saturated carbocycles. The van der Waals surface area contributed by atoms with Crippen molar-refractivity contribution >= 4 is 29.2 Å². The minimum Gasteiger partial charge on any atom is -0.468 e. The Morgan fingerprint density at radius 2 is 1.81 bits per heavy atom. The van der Waals surface area contributed by atoms with Gasteiger partial charge in [-0.3, -0.25) is 18.7 Å². The molecule has 1 aliphatic heterocycles. The summed E-state index contributed by atoms with van der Waals surface area (Å²) in [5, 5.41) is 2.95. The number of piperidine rings is 1. The van der Waals surface area contributed by atoms with Gasteiger partial charge in [0.15, 0.2) is 11.2 Å². The van der Waals surface area contributed by atoms with E-state index in [2.05, 4.69) is 5.32 Å². The van der Waals surface area contributed by atoms with E-state index in [1.807, 2.05) is 75.9 Å². The highest BCUT2D eigenvalue weighted by Gasteiger charge is 2.29. The normalized spacial score (nSPS) is 15.3. The first kappa shape index (κ1) is 31.6. The van der Waals surface area contributed by atoms with Gasteiger partial charge in [-0.2, -0.15) is 4.98 Å². The van der Waals surface area contributed by atoms with Crippen LogP contribution in [-0.4, -0.2) is 62.6 Å². The highest BCUT2D eigenvalue weighted by atomic mass is 16.6. The molecule has 2 aromatic heterocycles. The Morgan fingerprint density at radius 3 is 2.47 bits per heavy atom. The Kier molecular flexibility index (Phi) is 9.77. The number of hydrogen-bond acceptors (Lipinski definition) is 8. The average Bonchev–Trinajstić information content (AvgIpc) is 3.33. The van der Waals surface area contributed by atoms with Gasteiger partial charge in [0.25, 0.3) is 5.56 Å². The number of amides is 1. The first-order valence-corrected chi connectivity index (χ1v) is 14.6. The second kappa shape index (κ2) is 13.3. The highest BCUT2D eigenvalue weighted by Crippen LogP contribution is 2.24. The summed E-state index contributed by atoms with van der Waals surface area (Å²) in [7, 11) is 1.25. The largest absolute Gasteiger partial charge is 0.468 e. The van der Waals surface area contributed by atoms with Crippen LogP contribution in [0.15, 0.2) is 51.6 Å². The van der Waals surface area contributed by atoms with Gasteiger partial charge in [-0.15, -0.1) is 0 Å². The summed E-state index contributed by atoms with van der Waals surface area (Å²) in [5.74, 6) is -0.143. The lowest BCUT2D eigenvalue weighted by molar-refractivity contribution is -0.141. The maximum absolute atomic E-state index is 14.0. The smallest absolute Gasteiger partial charge is 0.407 e. The van der Waals surface area contributed by atoms with Gasteiger partial charge in [-0.25, -0.2) is 9.59 Å². The van der Waals surface area contributed by atoms with Gasteiger partial charge >= 0.3 is 17.8 Å². The van der Waals surface area contributed by atoms with E-state index in [-0.39, 0.29) is 30.3 Å². The molecule has 1 unspecified atom stereocenters. The number of fused-ring (bicyclic) bond motifs is 1. The summed E-state index contributed by atoms with van der Waals surface area (Å²) < 4.78 is 14.5. The van der Waals surface area contributed by atoms with Crippen LogP contribution in [0.2, 0.25) is 0 Å². The van der Waals surface area contributed by atoms with Crippen molar-refractivity contribution in [1.82, 2.24) is 24.0 Å². The predicted octanol–water partition coefficient (Wildman–Crippen LogP) is 3.24. The fraction of sp³-hybridized carbons (Fsp3) is 0.516. The molecule has 0 aliphatic carbocycles. The second-order valence-electron chi connectivity index (χ2n) is 12.0. The molecule has 1 aliphatic rings. The molecule has 3 heterocycles. The number of benzene rings is 1. The van der Waals surface area contributed by atoms with Gasteiger partial charge in [0.2, 0.25) is 5.95 Å². The molecule has 4 rings (SSSR count). The molecule has 232 valence electrons. The number of aromatic nitrogens is 4. The van der Waals surface area contributed by atoms with Gasteiger partial charge in [0.05, 0.1) is 7.11 Å². The number of aryl methyl sites for hydroxylation is 1. The molecule has 1 saturated heterocycles. The van der Waals surface area contributed by atoms with Crippen LogP contribution in [0.1, 0.15) is 53.0 Å². The van der Waals surface area contributed by atoms with Crippen LogP contribution >= 0.6 is 0 Å². The monoisotopic (exact) mass is 594 g/mol. The number of alkyl carbamates (subject to hydrolysis) is 1. The molecule has 1 N–H and O–H groups in total. The number of carbonyl (C=O) groups is 2. The minimum absolute atomic E-state index is 0.121. The van der Waals surface area contributed by atoms with Crippen molar-refractivity contribution < 1.29 is 19.1 Å². The van der Waals surface area contributed by atoms with Gasteiger partial charge in [-0.05, 0) is 59.4 Å². The Morgan fingerprint density at radius 1 is 1.09 bits per heavy atom. The number of imidazole rings is 1. The zero-order valence-corrected chi connectivity index (χ0v) is 25.9. The number of nitrogens with one attached hydrogen (secondary N) is 1. The molecule has 0 radical (unpaired) electrons. The van der Waals surface area contributed by atoms with Crippen LogP contribution in [0.25, 0.3) is 11.2 Å². The Labute approximate surface area is 250 Å². The molecule has 43 heavy (non-hydrogen) atoms. The van der Waals surface area contributed by atoms with Gasteiger partial charge in [0.1, 0.15) is 12.1 Å². The maximum atomic E-state index is 14.0. The average molecular weight is 595 g/mol. The number of esters is 1. The molecular weight excluding hydrogens is 552 g/mol. The number of rotatable bonds is 9. The Hall–Kier alpha value is -4.35. The van der Waals surface area contributed by atoms with Crippen LogP contribution in [-0.2, 0) is 40.3 Å². The van der Waals surface area contributed by atoms with E-state index >= 15 is 0 Å². The summed E-state index contributed by atoms with van der Waals surface area (Å²) in [4.78, 5) is 59.5. The Bertz CT molecular complexity index is 1610. The highest BCUT2D eigenvalue weighted by molar-refractivity contribution is 5.77. The third kappa shape index (κ3) is 7.74. The molecule has 1 atom stereocenters. The van der Waals surface area contributed by atoms with Crippen molar-refractivity contribution in [3.05, 3.63) is 68.4 Å². The molecule has 1 amide bonds. The summed E-state index contributed by atoms with van der Waals surface area (Å²) in [6.45, 7) is 10.5. The van der Waals surface area contributed by atoms with Gasteiger partial charge < -0.3 is 24.3 Å². The van der Waals surface area contributed by atoms with E-state index in [1.165, 1.54) is 16.2 Å². The number of methoxy groups -OCH3 is 1. The number of ether oxygens (including phenoxy) is 2. The molecule has 0 bridgehead atoms. The molecule has 12 nitrogen and oxygen atoms in total. The predicted molar refractivity (Wildman–Crippen MR) is 164 cm³/mol. The summed E-state index contributed by atoms with van der Waals surface area (Å²) in [5.41, 5.74) is 0.647. The minimum atomic E-state index is -0.628.